The molecule has 0 unspecified atom stereocenters. The van der Waals surface area contributed by atoms with Crippen molar-refractivity contribution in [1.29, 1.82) is 0 Å². The van der Waals surface area contributed by atoms with Crippen molar-refractivity contribution >= 4 is 17.6 Å². The molecule has 0 atom stereocenters. The van der Waals surface area contributed by atoms with Crippen molar-refractivity contribution in [2.75, 3.05) is 0 Å². The Bertz CT molecular complexity index is 787. The van der Waals surface area contributed by atoms with Crippen LogP contribution in [0, 0.1) is 0 Å². The van der Waals surface area contributed by atoms with Crippen LogP contribution in [0.3, 0.4) is 0 Å². The van der Waals surface area contributed by atoms with Gasteiger partial charge in [0, 0.05) is 10.6 Å². The molecule has 1 aromatic heterocycles. The van der Waals surface area contributed by atoms with Crippen molar-refractivity contribution in [1.82, 2.24) is 20.2 Å². The van der Waals surface area contributed by atoms with Crippen LogP contribution < -0.4 is 0 Å². The lowest BCUT2D eigenvalue weighted by atomic mass is 10.2. The average Bonchev–Trinajstić information content (AvgIpc) is 3.03. The molecule has 23 heavy (non-hydrogen) atoms. The Morgan fingerprint density at radius 2 is 1.83 bits per heavy atom. The van der Waals surface area contributed by atoms with Gasteiger partial charge in [-0.15, -0.1) is 10.2 Å². The Kier molecular flexibility index (Phi) is 4.63. The molecule has 0 saturated carbocycles. The minimum atomic E-state index is -0.422. The van der Waals surface area contributed by atoms with Crippen LogP contribution in [0.25, 0.3) is 11.4 Å². The smallest absolute Gasteiger partial charge is 0.330 e. The number of ether oxygens (including phenoxy) is 1. The summed E-state index contributed by atoms with van der Waals surface area (Å²) in [6.07, 6.45) is 0. The fraction of sp³-hybridized carbons (Fsp3) is 0.125. The Labute approximate surface area is 137 Å². The zero-order chi connectivity index (χ0) is 16.1. The molecule has 0 bridgehead atoms. The van der Waals surface area contributed by atoms with Crippen LogP contribution in [0.15, 0.2) is 54.6 Å². The molecule has 2 aromatic carbocycles. The molecule has 0 aliphatic rings. The SMILES string of the molecule is O=C(Cn1nnc(-c2ccc(Cl)cc2)n1)OCc1ccccc1. The second-order valence-electron chi connectivity index (χ2n) is 4.80. The van der Waals surface area contributed by atoms with Gasteiger partial charge >= 0.3 is 5.97 Å². The van der Waals surface area contributed by atoms with E-state index < -0.39 is 5.97 Å². The predicted molar refractivity (Wildman–Crippen MR) is 84.5 cm³/mol. The summed E-state index contributed by atoms with van der Waals surface area (Å²) in [5.74, 6) is 0.00596. The topological polar surface area (TPSA) is 69.9 Å². The highest BCUT2D eigenvalue weighted by Gasteiger charge is 2.10. The molecule has 0 amide bonds. The lowest BCUT2D eigenvalue weighted by Gasteiger charge is -2.03. The summed E-state index contributed by atoms with van der Waals surface area (Å²) in [5, 5.41) is 12.6. The van der Waals surface area contributed by atoms with Crippen LogP contribution >= 0.6 is 11.6 Å². The second kappa shape index (κ2) is 7.02. The van der Waals surface area contributed by atoms with Gasteiger partial charge in [-0.25, -0.2) is 4.79 Å². The summed E-state index contributed by atoms with van der Waals surface area (Å²) in [4.78, 5) is 13.0. The molecule has 3 aromatic rings. The predicted octanol–water partition coefficient (Wildman–Crippen LogP) is 2.74. The average molecular weight is 329 g/mol. The van der Waals surface area contributed by atoms with Crippen molar-refractivity contribution in [2.45, 2.75) is 13.2 Å². The van der Waals surface area contributed by atoms with E-state index in [1.54, 1.807) is 24.3 Å². The van der Waals surface area contributed by atoms with Gasteiger partial charge in [0.1, 0.15) is 6.61 Å². The van der Waals surface area contributed by atoms with Gasteiger partial charge in [-0.1, -0.05) is 41.9 Å². The molecule has 116 valence electrons. The largest absolute Gasteiger partial charge is 0.459 e. The van der Waals surface area contributed by atoms with E-state index in [1.807, 2.05) is 30.3 Å². The lowest BCUT2D eigenvalue weighted by Crippen LogP contribution is -2.15. The highest BCUT2D eigenvalue weighted by Crippen LogP contribution is 2.16. The summed E-state index contributed by atoms with van der Waals surface area (Å²) in [5.41, 5.74) is 1.70. The number of hydrogen-bond donors (Lipinski definition) is 0. The number of carbonyl (C=O) groups is 1. The zero-order valence-corrected chi connectivity index (χ0v) is 12.8. The molecule has 0 fully saturated rings. The number of rotatable bonds is 5. The van der Waals surface area contributed by atoms with Crippen molar-refractivity contribution in [3.8, 4) is 11.4 Å². The number of esters is 1. The monoisotopic (exact) mass is 328 g/mol. The molecule has 0 N–H and O–H groups in total. The van der Waals surface area contributed by atoms with Crippen molar-refractivity contribution in [3.63, 3.8) is 0 Å². The van der Waals surface area contributed by atoms with Gasteiger partial charge in [0.15, 0.2) is 6.54 Å². The van der Waals surface area contributed by atoms with E-state index in [0.717, 1.165) is 11.1 Å². The van der Waals surface area contributed by atoms with Gasteiger partial charge in [0.25, 0.3) is 0 Å². The molecular weight excluding hydrogens is 316 g/mol. The molecule has 0 aliphatic heterocycles. The van der Waals surface area contributed by atoms with E-state index in [0.29, 0.717) is 10.8 Å². The zero-order valence-electron chi connectivity index (χ0n) is 12.1. The summed E-state index contributed by atoms with van der Waals surface area (Å²) in [6, 6.07) is 16.5. The van der Waals surface area contributed by atoms with Gasteiger partial charge in [0.2, 0.25) is 5.82 Å². The van der Waals surface area contributed by atoms with E-state index in [1.165, 1.54) is 4.80 Å². The molecule has 3 rings (SSSR count). The third kappa shape index (κ3) is 4.14. The summed E-state index contributed by atoms with van der Waals surface area (Å²) in [7, 11) is 0. The molecular formula is C16H13ClN4O2. The first-order chi connectivity index (χ1) is 11.2. The Morgan fingerprint density at radius 1 is 1.09 bits per heavy atom. The molecule has 0 aliphatic carbocycles. The van der Waals surface area contributed by atoms with Crippen LogP contribution in [-0.2, 0) is 22.7 Å². The summed E-state index contributed by atoms with van der Waals surface area (Å²) in [6.45, 7) is 0.131. The first kappa shape index (κ1) is 15.2. The van der Waals surface area contributed by atoms with E-state index in [-0.39, 0.29) is 13.2 Å². The summed E-state index contributed by atoms with van der Waals surface area (Å²) < 4.78 is 5.18. The molecule has 0 spiro atoms. The minimum Gasteiger partial charge on any atom is -0.459 e. The number of halogens is 1. The number of hydrogen-bond acceptors (Lipinski definition) is 5. The Balaban J connectivity index is 1.58. The van der Waals surface area contributed by atoms with Gasteiger partial charge < -0.3 is 4.74 Å². The maximum atomic E-state index is 11.8. The van der Waals surface area contributed by atoms with Gasteiger partial charge in [-0.3, -0.25) is 0 Å². The van der Waals surface area contributed by atoms with Gasteiger partial charge in [-0.2, -0.15) is 4.80 Å². The van der Waals surface area contributed by atoms with E-state index in [2.05, 4.69) is 15.4 Å². The lowest BCUT2D eigenvalue weighted by molar-refractivity contribution is -0.146. The van der Waals surface area contributed by atoms with Gasteiger partial charge in [0.05, 0.1) is 0 Å². The van der Waals surface area contributed by atoms with E-state index >= 15 is 0 Å². The molecule has 6 nitrogen and oxygen atoms in total. The van der Waals surface area contributed by atoms with Crippen molar-refractivity contribution in [3.05, 3.63) is 65.2 Å². The fourth-order valence-corrected chi connectivity index (χ4v) is 2.05. The number of tetrazole rings is 1. The Hall–Kier alpha value is -2.73. The highest BCUT2D eigenvalue weighted by atomic mass is 35.5. The minimum absolute atomic E-state index is 0.0899. The maximum Gasteiger partial charge on any atom is 0.330 e. The summed E-state index contributed by atoms with van der Waals surface area (Å²) >= 11 is 5.84. The molecule has 7 heteroatoms. The van der Waals surface area contributed by atoms with Crippen LogP contribution in [0.2, 0.25) is 5.02 Å². The number of aromatic nitrogens is 4. The number of carbonyl (C=O) groups excluding carboxylic acids is 1. The quantitative estimate of drug-likeness (QED) is 0.673. The first-order valence-corrected chi connectivity index (χ1v) is 7.32. The van der Waals surface area contributed by atoms with E-state index in [4.69, 9.17) is 16.3 Å². The highest BCUT2D eigenvalue weighted by molar-refractivity contribution is 6.30. The van der Waals surface area contributed by atoms with Crippen LogP contribution in [0.4, 0.5) is 0 Å². The van der Waals surface area contributed by atoms with Crippen molar-refractivity contribution in [2.24, 2.45) is 0 Å². The molecule has 1 heterocycles. The maximum absolute atomic E-state index is 11.8. The standard InChI is InChI=1S/C16H13ClN4O2/c17-14-8-6-13(7-9-14)16-18-20-21(19-16)10-15(22)23-11-12-4-2-1-3-5-12/h1-9H,10-11H2. The van der Waals surface area contributed by atoms with Gasteiger partial charge in [-0.05, 0) is 35.0 Å². The van der Waals surface area contributed by atoms with Crippen LogP contribution in [0.5, 0.6) is 0 Å². The Morgan fingerprint density at radius 3 is 2.57 bits per heavy atom. The number of benzene rings is 2. The number of nitrogens with zero attached hydrogens (tertiary/aromatic N) is 4. The third-order valence-electron chi connectivity index (χ3n) is 3.07. The van der Waals surface area contributed by atoms with Crippen molar-refractivity contribution < 1.29 is 9.53 Å². The third-order valence-corrected chi connectivity index (χ3v) is 3.32. The second-order valence-corrected chi connectivity index (χ2v) is 5.23. The first-order valence-electron chi connectivity index (χ1n) is 6.94. The fourth-order valence-electron chi connectivity index (χ4n) is 1.92. The normalized spacial score (nSPS) is 10.5. The van der Waals surface area contributed by atoms with E-state index in [9.17, 15) is 4.79 Å². The van der Waals surface area contributed by atoms with Crippen LogP contribution in [0.1, 0.15) is 5.56 Å². The molecule has 0 saturated heterocycles. The van der Waals surface area contributed by atoms with Crippen LogP contribution in [-0.4, -0.2) is 26.2 Å². The molecule has 0 radical (unpaired) electrons.